The first kappa shape index (κ1) is 30.9. The number of nitrogens with two attached hydrogens (primary N) is 2. The third-order valence-electron chi connectivity index (χ3n) is 6.79. The van der Waals surface area contributed by atoms with Gasteiger partial charge in [0.25, 0.3) is 5.91 Å². The molecule has 14 heteroatoms. The fourth-order valence-electron chi connectivity index (χ4n) is 4.52. The Kier molecular flexibility index (Phi) is 8.92. The molecular formula is C29H30N6O7S. The number of carbonyl (C=O) groups excluding carboxylic acids is 3. The molecule has 3 aromatic rings. The molecule has 1 atom stereocenters. The number of aryl methyl sites for hydroxylation is 1. The van der Waals surface area contributed by atoms with E-state index in [0.717, 1.165) is 0 Å². The molecule has 0 saturated carbocycles. The third-order valence-corrected chi connectivity index (χ3v) is 7.76. The number of carbonyl (C=O) groups is 3. The quantitative estimate of drug-likeness (QED) is 0.130. The Bertz CT molecular complexity index is 1760. The fraction of sp³-hybridized carbons (Fsp3) is 0.207. The molecule has 43 heavy (non-hydrogen) atoms. The van der Waals surface area contributed by atoms with Gasteiger partial charge in [0, 0.05) is 28.8 Å². The summed E-state index contributed by atoms with van der Waals surface area (Å²) >= 11 is 0. The molecule has 7 N–H and O–H groups in total. The number of amidine groups is 1. The van der Waals surface area contributed by atoms with Gasteiger partial charge in [-0.15, -0.1) is 0 Å². The minimum atomic E-state index is -3.99. The van der Waals surface area contributed by atoms with Crippen LogP contribution in [0.25, 0.3) is 11.1 Å². The average Bonchev–Trinajstić information content (AvgIpc) is 3.41. The maximum absolute atomic E-state index is 13.8. The number of primary sulfonamides is 1. The van der Waals surface area contributed by atoms with Gasteiger partial charge in [0.2, 0.25) is 21.5 Å². The number of anilines is 1. The van der Waals surface area contributed by atoms with Gasteiger partial charge in [0.05, 0.1) is 24.1 Å². The zero-order valence-corrected chi connectivity index (χ0v) is 24.2. The Morgan fingerprint density at radius 1 is 1.07 bits per heavy atom. The van der Waals surface area contributed by atoms with E-state index in [1.54, 1.807) is 67.6 Å². The van der Waals surface area contributed by atoms with E-state index in [9.17, 15) is 22.8 Å². The van der Waals surface area contributed by atoms with Gasteiger partial charge in [-0.25, -0.2) is 13.6 Å². The van der Waals surface area contributed by atoms with Crippen molar-refractivity contribution in [2.24, 2.45) is 16.0 Å². The van der Waals surface area contributed by atoms with E-state index in [-0.39, 0.29) is 17.2 Å². The number of esters is 1. The maximum Gasteiger partial charge on any atom is 0.325 e. The highest BCUT2D eigenvalue weighted by Crippen LogP contribution is 2.34. The van der Waals surface area contributed by atoms with Crippen molar-refractivity contribution < 1.29 is 32.4 Å². The highest BCUT2D eigenvalue weighted by molar-refractivity contribution is 7.89. The lowest BCUT2D eigenvalue weighted by molar-refractivity contribution is -0.146. The smallest absolute Gasteiger partial charge is 0.325 e. The number of methoxy groups -OCH3 is 1. The van der Waals surface area contributed by atoms with Crippen molar-refractivity contribution >= 4 is 45.0 Å². The summed E-state index contributed by atoms with van der Waals surface area (Å²) in [4.78, 5) is 43.8. The van der Waals surface area contributed by atoms with Crippen molar-refractivity contribution in [3.05, 3.63) is 83.4 Å². The SMILES string of the molecule is COC(=O)CNC(=O)CC1(C(=O)Nc2ccc(-c3ccccc3S(N)(=O)=O)cc2C)CC(c2cccc(C(=N)N)c2)=NO1. The topological polar surface area (TPSA) is 216 Å². The van der Waals surface area contributed by atoms with Crippen LogP contribution in [-0.4, -0.2) is 57.0 Å². The Morgan fingerprint density at radius 2 is 1.81 bits per heavy atom. The molecule has 0 spiro atoms. The third kappa shape index (κ3) is 7.05. The van der Waals surface area contributed by atoms with E-state index < -0.39 is 46.4 Å². The van der Waals surface area contributed by atoms with Crippen molar-refractivity contribution in [3.63, 3.8) is 0 Å². The fourth-order valence-corrected chi connectivity index (χ4v) is 5.28. The summed E-state index contributed by atoms with van der Waals surface area (Å²) < 4.78 is 28.7. The van der Waals surface area contributed by atoms with E-state index in [1.807, 2.05) is 0 Å². The molecule has 1 heterocycles. The lowest BCUT2D eigenvalue weighted by atomic mass is 9.89. The summed E-state index contributed by atoms with van der Waals surface area (Å²) in [5.74, 6) is -2.15. The van der Waals surface area contributed by atoms with Crippen LogP contribution in [0, 0.1) is 12.3 Å². The first-order valence-corrected chi connectivity index (χ1v) is 14.5. The highest BCUT2D eigenvalue weighted by Gasteiger charge is 2.49. The molecule has 224 valence electrons. The lowest BCUT2D eigenvalue weighted by Crippen LogP contribution is -2.47. The van der Waals surface area contributed by atoms with Gasteiger partial charge >= 0.3 is 5.97 Å². The van der Waals surface area contributed by atoms with E-state index in [1.165, 1.54) is 13.2 Å². The predicted molar refractivity (Wildman–Crippen MR) is 159 cm³/mol. The molecule has 0 radical (unpaired) electrons. The number of hydrogen-bond acceptors (Lipinski definition) is 9. The summed E-state index contributed by atoms with van der Waals surface area (Å²) in [6, 6.07) is 17.9. The first-order chi connectivity index (χ1) is 20.3. The number of nitrogens with zero attached hydrogens (tertiary/aromatic N) is 1. The summed E-state index contributed by atoms with van der Waals surface area (Å²) in [6.45, 7) is 1.32. The van der Waals surface area contributed by atoms with Crippen molar-refractivity contribution in [1.82, 2.24) is 5.32 Å². The van der Waals surface area contributed by atoms with Crippen LogP contribution in [0.3, 0.4) is 0 Å². The molecule has 4 rings (SSSR count). The summed E-state index contributed by atoms with van der Waals surface area (Å²) in [7, 11) is -2.81. The first-order valence-electron chi connectivity index (χ1n) is 12.9. The highest BCUT2D eigenvalue weighted by atomic mass is 32.2. The van der Waals surface area contributed by atoms with Gasteiger partial charge in [0.1, 0.15) is 12.4 Å². The van der Waals surface area contributed by atoms with Crippen molar-refractivity contribution in [2.45, 2.75) is 30.3 Å². The molecule has 0 bridgehead atoms. The van der Waals surface area contributed by atoms with Crippen LogP contribution in [0.4, 0.5) is 5.69 Å². The van der Waals surface area contributed by atoms with Crippen molar-refractivity contribution in [2.75, 3.05) is 19.0 Å². The molecule has 0 aliphatic carbocycles. The summed E-state index contributed by atoms with van der Waals surface area (Å²) in [5.41, 5.74) is 7.11. The number of benzene rings is 3. The van der Waals surface area contributed by atoms with Gasteiger partial charge in [-0.1, -0.05) is 47.6 Å². The minimum absolute atomic E-state index is 0.0408. The maximum atomic E-state index is 13.8. The Hall–Kier alpha value is -5.08. The number of hydrogen-bond donors (Lipinski definition) is 5. The summed E-state index contributed by atoms with van der Waals surface area (Å²) in [5, 5.41) is 22.4. The second-order valence-corrected chi connectivity index (χ2v) is 11.4. The number of sulfonamides is 1. The molecule has 3 aromatic carbocycles. The van der Waals surface area contributed by atoms with Crippen LogP contribution in [0.1, 0.15) is 29.5 Å². The lowest BCUT2D eigenvalue weighted by Gasteiger charge is -2.25. The van der Waals surface area contributed by atoms with E-state index in [4.69, 9.17) is 21.1 Å². The molecule has 1 aliphatic rings. The predicted octanol–water partition coefficient (Wildman–Crippen LogP) is 1.77. The second kappa shape index (κ2) is 12.4. The zero-order valence-electron chi connectivity index (χ0n) is 23.3. The number of amides is 2. The largest absolute Gasteiger partial charge is 0.468 e. The summed E-state index contributed by atoms with van der Waals surface area (Å²) in [6.07, 6.45) is -0.585. The van der Waals surface area contributed by atoms with Crippen LogP contribution < -0.4 is 21.5 Å². The van der Waals surface area contributed by atoms with Gasteiger partial charge in [0.15, 0.2) is 0 Å². The molecule has 1 aliphatic heterocycles. The van der Waals surface area contributed by atoms with Crippen LogP contribution in [0.15, 0.2) is 76.8 Å². The standard InChI is InChI=1S/C29H30N6O7S/c1-17-12-18(21-8-3-4-9-24(21)43(32,39)40)10-11-22(17)34-28(38)29(15-25(36)33-16-26(37)41-2)14-23(35-42-29)19-6-5-7-20(13-19)27(30)31/h3-13H,14-16H2,1-2H3,(H3,30,31)(H,33,36)(H,34,38)(H2,32,39,40). The van der Waals surface area contributed by atoms with Crippen molar-refractivity contribution in [3.8, 4) is 11.1 Å². The van der Waals surface area contributed by atoms with Gasteiger partial charge in [-0.3, -0.25) is 19.8 Å². The monoisotopic (exact) mass is 606 g/mol. The molecule has 0 fully saturated rings. The van der Waals surface area contributed by atoms with Gasteiger partial charge in [-0.05, 0) is 42.3 Å². The number of rotatable bonds is 10. The van der Waals surface area contributed by atoms with E-state index >= 15 is 0 Å². The Balaban J connectivity index is 1.62. The number of ether oxygens (including phenoxy) is 1. The molecule has 0 aromatic heterocycles. The second-order valence-electron chi connectivity index (χ2n) is 9.85. The zero-order chi connectivity index (χ0) is 31.4. The van der Waals surface area contributed by atoms with Crippen LogP contribution in [-0.2, 0) is 34.0 Å². The number of nitrogens with one attached hydrogen (secondary N) is 3. The minimum Gasteiger partial charge on any atom is -0.468 e. The normalized spacial score (nSPS) is 16.0. The van der Waals surface area contributed by atoms with Crippen LogP contribution in [0.2, 0.25) is 0 Å². The Morgan fingerprint density at radius 3 is 2.49 bits per heavy atom. The van der Waals surface area contributed by atoms with Gasteiger partial charge in [-0.2, -0.15) is 0 Å². The average molecular weight is 607 g/mol. The van der Waals surface area contributed by atoms with Crippen LogP contribution in [0.5, 0.6) is 0 Å². The van der Waals surface area contributed by atoms with Crippen molar-refractivity contribution in [1.29, 1.82) is 5.41 Å². The molecule has 2 amide bonds. The van der Waals surface area contributed by atoms with Crippen LogP contribution >= 0.6 is 0 Å². The molecule has 0 saturated heterocycles. The van der Waals surface area contributed by atoms with E-state index in [2.05, 4.69) is 20.5 Å². The Labute approximate surface area is 247 Å². The van der Waals surface area contributed by atoms with Gasteiger partial charge < -0.3 is 25.9 Å². The molecular weight excluding hydrogens is 576 g/mol. The number of oxime groups is 1. The molecule has 1 unspecified atom stereocenters. The van der Waals surface area contributed by atoms with E-state index in [0.29, 0.717) is 39.2 Å². The number of nitrogen functional groups attached to an aromatic ring is 1. The molecule has 13 nitrogen and oxygen atoms in total.